The lowest BCUT2D eigenvalue weighted by molar-refractivity contribution is 0.0673. The lowest BCUT2D eigenvalue weighted by atomic mass is 9.76. The summed E-state index contributed by atoms with van der Waals surface area (Å²) in [6.45, 7) is 0. The molecule has 3 atom stereocenters. The summed E-state index contributed by atoms with van der Waals surface area (Å²) in [6.07, 6.45) is 5.14. The maximum Gasteiger partial charge on any atom is 0.0571 e. The molecule has 1 N–H and O–H groups in total. The Kier molecular flexibility index (Phi) is 0.884. The van der Waals surface area contributed by atoms with Gasteiger partial charge in [-0.25, -0.2) is 0 Å². The van der Waals surface area contributed by atoms with Gasteiger partial charge >= 0.3 is 0 Å². The Labute approximate surface area is 49.7 Å². The molecule has 0 aromatic carbocycles. The summed E-state index contributed by atoms with van der Waals surface area (Å²) in [5.74, 6) is 1.64. The van der Waals surface area contributed by atoms with E-state index in [2.05, 4.69) is 0 Å². The summed E-state index contributed by atoms with van der Waals surface area (Å²) in [4.78, 5) is 0. The van der Waals surface area contributed by atoms with Crippen molar-refractivity contribution in [2.45, 2.75) is 31.8 Å². The average Bonchev–Trinajstić information content (AvgIpc) is 1.80. The highest BCUT2D eigenvalue weighted by Gasteiger charge is 2.40. The highest BCUT2D eigenvalue weighted by Crippen LogP contribution is 2.46. The van der Waals surface area contributed by atoms with Crippen LogP contribution in [0.2, 0.25) is 0 Å². The minimum Gasteiger partial charge on any atom is -0.393 e. The highest BCUT2D eigenvalue weighted by molar-refractivity contribution is 4.91. The molecule has 0 bridgehead atoms. The van der Waals surface area contributed by atoms with Crippen LogP contribution >= 0.6 is 0 Å². The Balaban J connectivity index is 2.05. The topological polar surface area (TPSA) is 20.2 Å². The molecule has 0 aliphatic heterocycles. The Hall–Kier alpha value is -0.0400. The molecule has 2 rings (SSSR count). The van der Waals surface area contributed by atoms with Crippen LogP contribution in [0, 0.1) is 11.8 Å². The van der Waals surface area contributed by atoms with Crippen LogP contribution in [0.1, 0.15) is 25.7 Å². The lowest BCUT2D eigenvalue weighted by Gasteiger charge is -2.31. The van der Waals surface area contributed by atoms with Gasteiger partial charge in [-0.15, -0.1) is 0 Å². The first-order valence-electron chi connectivity index (χ1n) is 3.56. The molecule has 0 spiro atoms. The molecule has 0 radical (unpaired) electrons. The highest BCUT2D eigenvalue weighted by atomic mass is 16.3. The van der Waals surface area contributed by atoms with E-state index in [1.54, 1.807) is 0 Å². The zero-order chi connectivity index (χ0) is 5.56. The van der Waals surface area contributed by atoms with Crippen molar-refractivity contribution in [3.63, 3.8) is 0 Å². The van der Waals surface area contributed by atoms with Gasteiger partial charge in [0, 0.05) is 0 Å². The second-order valence-corrected chi connectivity index (χ2v) is 3.15. The monoisotopic (exact) mass is 112 g/mol. The average molecular weight is 112 g/mol. The molecule has 0 saturated heterocycles. The predicted molar refractivity (Wildman–Crippen MR) is 31.5 cm³/mol. The standard InChI is InChI=1S/C7H12O/c8-7-4-2-5-1-3-6(5)7/h5-8H,1-4H2/t5-,6?,7?/m1/s1. The van der Waals surface area contributed by atoms with E-state index in [0.29, 0.717) is 0 Å². The van der Waals surface area contributed by atoms with E-state index in [0.717, 1.165) is 18.3 Å². The minimum atomic E-state index is 0.0775. The van der Waals surface area contributed by atoms with E-state index in [-0.39, 0.29) is 6.10 Å². The predicted octanol–water partition coefficient (Wildman–Crippen LogP) is 1.17. The van der Waals surface area contributed by atoms with Gasteiger partial charge in [-0.3, -0.25) is 0 Å². The van der Waals surface area contributed by atoms with Crippen LogP contribution in [0.25, 0.3) is 0 Å². The van der Waals surface area contributed by atoms with Gasteiger partial charge in [-0.2, -0.15) is 0 Å². The third-order valence-electron chi connectivity index (χ3n) is 2.80. The SMILES string of the molecule is OC1CC[C@H]2CCC12. The fourth-order valence-corrected chi connectivity index (χ4v) is 2.06. The molecule has 2 fully saturated rings. The van der Waals surface area contributed by atoms with E-state index in [9.17, 15) is 5.11 Å². The second-order valence-electron chi connectivity index (χ2n) is 3.15. The summed E-state index contributed by atoms with van der Waals surface area (Å²) in [5, 5.41) is 9.22. The smallest absolute Gasteiger partial charge is 0.0571 e. The summed E-state index contributed by atoms with van der Waals surface area (Å²) in [7, 11) is 0. The van der Waals surface area contributed by atoms with Gasteiger partial charge in [0.05, 0.1) is 6.10 Å². The van der Waals surface area contributed by atoms with Crippen LogP contribution in [0.3, 0.4) is 0 Å². The summed E-state index contributed by atoms with van der Waals surface area (Å²) >= 11 is 0. The lowest BCUT2D eigenvalue weighted by Crippen LogP contribution is -2.27. The Bertz CT molecular complexity index is 94.6. The molecule has 2 aliphatic carbocycles. The van der Waals surface area contributed by atoms with Crippen LogP contribution < -0.4 is 0 Å². The fourth-order valence-electron chi connectivity index (χ4n) is 2.06. The van der Waals surface area contributed by atoms with Gasteiger partial charge in [0.25, 0.3) is 0 Å². The molecule has 2 saturated carbocycles. The first kappa shape index (κ1) is 4.80. The maximum absolute atomic E-state index is 9.22. The van der Waals surface area contributed by atoms with Crippen molar-refractivity contribution in [3.8, 4) is 0 Å². The third kappa shape index (κ3) is 0.455. The van der Waals surface area contributed by atoms with Crippen molar-refractivity contribution >= 4 is 0 Å². The molecule has 46 valence electrons. The molecule has 0 amide bonds. The van der Waals surface area contributed by atoms with Crippen LogP contribution in [-0.2, 0) is 0 Å². The molecule has 1 nitrogen and oxygen atoms in total. The van der Waals surface area contributed by atoms with Crippen molar-refractivity contribution in [2.75, 3.05) is 0 Å². The van der Waals surface area contributed by atoms with E-state index in [4.69, 9.17) is 0 Å². The summed E-state index contributed by atoms with van der Waals surface area (Å²) in [6, 6.07) is 0. The Morgan fingerprint density at radius 2 is 1.75 bits per heavy atom. The fraction of sp³-hybridized carbons (Fsp3) is 1.00. The molecular weight excluding hydrogens is 100 g/mol. The maximum atomic E-state index is 9.22. The number of hydrogen-bond acceptors (Lipinski definition) is 1. The van der Waals surface area contributed by atoms with Crippen molar-refractivity contribution in [3.05, 3.63) is 0 Å². The van der Waals surface area contributed by atoms with E-state index >= 15 is 0 Å². The number of aliphatic hydroxyl groups excluding tert-OH is 1. The zero-order valence-electron chi connectivity index (χ0n) is 5.01. The molecule has 0 heterocycles. The van der Waals surface area contributed by atoms with Crippen molar-refractivity contribution < 1.29 is 5.11 Å². The minimum absolute atomic E-state index is 0.0775. The Morgan fingerprint density at radius 3 is 2.00 bits per heavy atom. The number of aliphatic hydroxyl groups is 1. The third-order valence-corrected chi connectivity index (χ3v) is 2.80. The Morgan fingerprint density at radius 1 is 1.00 bits per heavy atom. The van der Waals surface area contributed by atoms with Crippen LogP contribution in [0.15, 0.2) is 0 Å². The van der Waals surface area contributed by atoms with E-state index < -0.39 is 0 Å². The van der Waals surface area contributed by atoms with Gasteiger partial charge in [-0.1, -0.05) is 0 Å². The van der Waals surface area contributed by atoms with Gasteiger partial charge in [0.1, 0.15) is 0 Å². The number of fused-ring (bicyclic) bond motifs is 1. The molecule has 2 unspecified atom stereocenters. The first-order chi connectivity index (χ1) is 3.88. The van der Waals surface area contributed by atoms with Crippen LogP contribution in [0.4, 0.5) is 0 Å². The molecule has 8 heavy (non-hydrogen) atoms. The largest absolute Gasteiger partial charge is 0.393 e. The van der Waals surface area contributed by atoms with Crippen molar-refractivity contribution in [1.82, 2.24) is 0 Å². The number of rotatable bonds is 0. The van der Waals surface area contributed by atoms with Crippen molar-refractivity contribution in [1.29, 1.82) is 0 Å². The molecule has 1 heteroatoms. The summed E-state index contributed by atoms with van der Waals surface area (Å²) < 4.78 is 0. The molecule has 0 aromatic rings. The number of hydrogen-bond donors (Lipinski definition) is 1. The molecule has 2 aliphatic rings. The van der Waals surface area contributed by atoms with Gasteiger partial charge < -0.3 is 5.11 Å². The van der Waals surface area contributed by atoms with Gasteiger partial charge in [0.2, 0.25) is 0 Å². The van der Waals surface area contributed by atoms with E-state index in [1.165, 1.54) is 19.3 Å². The normalized spacial score (nSPS) is 52.9. The first-order valence-corrected chi connectivity index (χ1v) is 3.56. The van der Waals surface area contributed by atoms with Gasteiger partial charge in [-0.05, 0) is 37.5 Å². The van der Waals surface area contributed by atoms with Gasteiger partial charge in [0.15, 0.2) is 0 Å². The second kappa shape index (κ2) is 1.47. The summed E-state index contributed by atoms with van der Waals surface area (Å²) in [5.41, 5.74) is 0. The molecule has 0 aromatic heterocycles. The van der Waals surface area contributed by atoms with E-state index in [1.807, 2.05) is 0 Å². The van der Waals surface area contributed by atoms with Crippen molar-refractivity contribution in [2.24, 2.45) is 11.8 Å². The molecular formula is C7H12O. The zero-order valence-corrected chi connectivity index (χ0v) is 5.01. The van der Waals surface area contributed by atoms with Crippen LogP contribution in [-0.4, -0.2) is 11.2 Å². The quantitative estimate of drug-likeness (QED) is 0.498. The van der Waals surface area contributed by atoms with Crippen LogP contribution in [0.5, 0.6) is 0 Å².